The summed E-state index contributed by atoms with van der Waals surface area (Å²) in [6.45, 7) is 5.04. The highest BCUT2D eigenvalue weighted by molar-refractivity contribution is 6.03. The first-order valence-corrected chi connectivity index (χ1v) is 34.0. The van der Waals surface area contributed by atoms with Crippen LogP contribution >= 0.6 is 0 Å². The summed E-state index contributed by atoms with van der Waals surface area (Å²) in [5, 5.41) is 11.4. The van der Waals surface area contributed by atoms with Crippen LogP contribution in [0.4, 0.5) is 0 Å². The van der Waals surface area contributed by atoms with Crippen LogP contribution in [-0.4, -0.2) is 180 Å². The van der Waals surface area contributed by atoms with Gasteiger partial charge in [0, 0.05) is 70.9 Å². The molecule has 0 bridgehead atoms. The van der Waals surface area contributed by atoms with Crippen molar-refractivity contribution in [2.75, 3.05) is 67.2 Å². The molecule has 0 saturated carbocycles. The predicted molar refractivity (Wildman–Crippen MR) is 406 cm³/mol. The molecule has 0 aliphatic heterocycles. The fraction of sp³-hybridized carbons (Fsp3) is 0.443. The largest absolute Gasteiger partial charge is 0.496 e. The molecule has 4 aromatic carbocycles. The molecule has 5 amide bonds. The Labute approximate surface area is 615 Å². The first-order chi connectivity index (χ1) is 50.3. The number of nitrogens with two attached hydrogens (primary N) is 13. The molecule has 4 aromatic rings. The van der Waals surface area contributed by atoms with Gasteiger partial charge in [-0.25, -0.2) is 0 Å². The number of carbonyl (C=O) groups excluding carboxylic acids is 9. The number of aliphatic imine (C=N–C) groups is 6. The van der Waals surface area contributed by atoms with Gasteiger partial charge < -0.3 is 115 Å². The average molecular weight is 1480 g/mol. The van der Waals surface area contributed by atoms with Crippen LogP contribution in [0.1, 0.15) is 148 Å². The van der Waals surface area contributed by atoms with Crippen molar-refractivity contribution in [3.05, 3.63) is 117 Å². The number of nitrogens with one attached hydrogen (secondary N) is 4. The monoisotopic (exact) mass is 1480 g/mol. The van der Waals surface area contributed by atoms with Gasteiger partial charge in [0.05, 0.1) is 68.3 Å². The molecule has 4 rings (SSSR count). The van der Waals surface area contributed by atoms with E-state index in [1.54, 1.807) is 54.6 Å². The van der Waals surface area contributed by atoms with E-state index >= 15 is 0 Å². The number of primary amides is 1. The number of amides is 5. The molecule has 4 atom stereocenters. The van der Waals surface area contributed by atoms with Crippen LogP contribution in [0.15, 0.2) is 103 Å². The van der Waals surface area contributed by atoms with Crippen molar-refractivity contribution in [1.82, 2.24) is 21.3 Å². The Morgan fingerprint density at radius 1 is 0.368 bits per heavy atom. The number of methoxy groups -OCH3 is 3. The minimum Gasteiger partial charge on any atom is -0.496 e. The summed E-state index contributed by atoms with van der Waals surface area (Å²) in [4.78, 5) is 142. The van der Waals surface area contributed by atoms with Crippen molar-refractivity contribution in [2.24, 2.45) is 104 Å². The van der Waals surface area contributed by atoms with Crippen LogP contribution in [0.5, 0.6) is 23.0 Å². The van der Waals surface area contributed by atoms with Crippen molar-refractivity contribution in [2.45, 2.75) is 134 Å². The lowest BCUT2D eigenvalue weighted by Gasteiger charge is -2.20. The third-order valence-electron chi connectivity index (χ3n) is 15.6. The molecule has 0 spiro atoms. The van der Waals surface area contributed by atoms with Gasteiger partial charge in [-0.2, -0.15) is 0 Å². The number of rotatable bonds is 47. The summed E-state index contributed by atoms with van der Waals surface area (Å²) in [5.41, 5.74) is 73.0. The van der Waals surface area contributed by atoms with Gasteiger partial charge in [0.15, 0.2) is 53.1 Å². The molecule has 578 valence electrons. The third kappa shape index (κ3) is 34.1. The zero-order chi connectivity index (χ0) is 78.8. The van der Waals surface area contributed by atoms with Crippen LogP contribution in [0.2, 0.25) is 0 Å². The molecule has 0 aliphatic carbocycles. The van der Waals surface area contributed by atoms with E-state index in [2.05, 4.69) is 51.2 Å². The Balaban J connectivity index is 0.000000599. The second-order valence-electron chi connectivity index (χ2n) is 24.4. The molecule has 0 aromatic heterocycles. The number of hydrogen-bond acceptors (Lipinski definition) is 19. The Morgan fingerprint density at radius 2 is 0.679 bits per heavy atom. The third-order valence-corrected chi connectivity index (χ3v) is 15.6. The second kappa shape index (κ2) is 47.1. The molecule has 0 aliphatic rings. The number of ketones is 4. The van der Waals surface area contributed by atoms with E-state index in [1.807, 2.05) is 6.92 Å². The summed E-state index contributed by atoms with van der Waals surface area (Å²) in [7, 11) is 4.24. The van der Waals surface area contributed by atoms with Gasteiger partial charge >= 0.3 is 0 Å². The fourth-order valence-corrected chi connectivity index (χ4v) is 10.5. The number of carbonyl (C=O) groups is 9. The highest BCUT2D eigenvalue weighted by Gasteiger charge is 2.28. The molecule has 0 radical (unpaired) electrons. The van der Waals surface area contributed by atoms with Crippen molar-refractivity contribution >= 4 is 88.4 Å². The standard InChI is InChI=1S/C42H67N15O7.C28H38N8O6/c1-25(9-6-18-52-40(45)46)55-37(61)28-21-26(13-15-34(28)63-2)24-33(59)31(11-8-20-54-42(49)50)57-38(62)29-22-27(14-16-35(29)64-3)23-32(58)30(10-7-19-53-41(47)48)56-36(60)12-4-5-17-51-39(43)44;1-16(37)12-17-5-7-23(41-2)20(14-17)26(40)36-21(4-3-9-34-27(30)31)22(38)15-18-6-8-24(19(13-18)25(29)39)42-11-10-35-28(32)33/h13-16,21-22,25,30-31H,4-12,17-20,23-24H2,1-3H3,(H,55,61)(H,56,60)(H,57,62)(H4,43,44,51)(H4,45,46,52)(H4,47,48,53)(H4,49,50,54);5-8,13-14,21H,3-4,9-12,15H2,1-2H3,(H2,29,39)(H,36,40)(H4,30,31,34)(H4,32,33,35)/t25-,30+,31+;21-/m01/s1. The molecule has 30 N–H and O–H groups in total. The molecule has 106 heavy (non-hydrogen) atoms. The van der Waals surface area contributed by atoms with E-state index in [0.29, 0.717) is 86.0 Å². The quantitative estimate of drug-likeness (QED) is 0.0136. The number of unbranched alkanes of at least 4 members (excludes halogenated alkanes) is 1. The number of Topliss-reactive ketones (excluding diaryl/α,β-unsaturated/α-hetero) is 4. The van der Waals surface area contributed by atoms with E-state index in [9.17, 15) is 43.2 Å². The molecule has 36 nitrogen and oxygen atoms in total. The Kier molecular flexibility index (Phi) is 39.1. The Hall–Kier alpha value is -12.3. The van der Waals surface area contributed by atoms with Crippen molar-refractivity contribution in [3.8, 4) is 23.0 Å². The Bertz CT molecular complexity index is 3820. The maximum absolute atomic E-state index is 14.0. The number of guanidine groups is 6. The average Bonchev–Trinajstić information content (AvgIpc) is 0.847. The maximum atomic E-state index is 14.0. The summed E-state index contributed by atoms with van der Waals surface area (Å²) in [5.74, 6) is -3.18. The van der Waals surface area contributed by atoms with E-state index < -0.39 is 41.8 Å². The summed E-state index contributed by atoms with van der Waals surface area (Å²) < 4.78 is 21.9. The van der Waals surface area contributed by atoms with Gasteiger partial charge in [-0.1, -0.05) is 24.3 Å². The van der Waals surface area contributed by atoms with Gasteiger partial charge in [0.2, 0.25) is 5.91 Å². The van der Waals surface area contributed by atoms with Crippen LogP contribution in [0.3, 0.4) is 0 Å². The lowest BCUT2D eigenvalue weighted by Crippen LogP contribution is -2.42. The van der Waals surface area contributed by atoms with Crippen molar-refractivity contribution in [3.63, 3.8) is 0 Å². The molecule has 0 unspecified atom stereocenters. The normalized spacial score (nSPS) is 11.6. The molecular weight excluding hydrogens is 1370 g/mol. The predicted octanol–water partition coefficient (Wildman–Crippen LogP) is -1.53. The summed E-state index contributed by atoms with van der Waals surface area (Å²) in [6.07, 6.45) is 3.97. The molecular formula is C70H105N23O13. The molecule has 0 saturated heterocycles. The van der Waals surface area contributed by atoms with Crippen LogP contribution < -0.4 is 115 Å². The zero-order valence-electron chi connectivity index (χ0n) is 60.8. The van der Waals surface area contributed by atoms with Crippen LogP contribution in [0.25, 0.3) is 0 Å². The number of nitrogens with zero attached hydrogens (tertiary/aromatic N) is 6. The maximum Gasteiger partial charge on any atom is 0.255 e. The lowest BCUT2D eigenvalue weighted by molar-refractivity contribution is -0.127. The molecule has 0 fully saturated rings. The zero-order valence-corrected chi connectivity index (χ0v) is 60.8. The number of hydrogen-bond donors (Lipinski definition) is 17. The summed E-state index contributed by atoms with van der Waals surface area (Å²) in [6, 6.07) is 15.9. The van der Waals surface area contributed by atoms with Crippen molar-refractivity contribution < 1.29 is 62.1 Å². The smallest absolute Gasteiger partial charge is 0.255 e. The number of benzene rings is 4. The van der Waals surface area contributed by atoms with E-state index in [0.717, 1.165) is 0 Å². The SMILES string of the molecule is COc1ccc(CC(=O)[C@@H](CCCN=C(N)N)NC(=O)c2cc(CC(=O)[C@@H](CCCN=C(N)N)NC(=O)CCCCN=C(N)N)ccc2OC)cc1C(=O)N[C@@H](C)CCCN=C(N)N.COc1ccc(CC(C)=O)cc1C(=O)N[C@H](CCCN=C(N)N)C(=O)Cc1ccc(OCCN=C(N)N)c(C(N)=O)c1. The second-order valence-corrected chi connectivity index (χ2v) is 24.4. The van der Waals surface area contributed by atoms with Crippen molar-refractivity contribution in [1.29, 1.82) is 0 Å². The lowest BCUT2D eigenvalue weighted by atomic mass is 9.96. The van der Waals surface area contributed by atoms with Gasteiger partial charge in [-0.05, 0) is 149 Å². The van der Waals surface area contributed by atoms with Crippen LogP contribution in [-0.2, 0) is 49.7 Å². The first kappa shape index (κ1) is 87.9. The minimum absolute atomic E-state index is 0.00558. The summed E-state index contributed by atoms with van der Waals surface area (Å²) >= 11 is 0. The van der Waals surface area contributed by atoms with E-state index in [1.165, 1.54) is 46.5 Å². The molecule has 36 heteroatoms. The van der Waals surface area contributed by atoms with Gasteiger partial charge in [-0.3, -0.25) is 73.1 Å². The highest BCUT2D eigenvalue weighted by Crippen LogP contribution is 2.26. The minimum atomic E-state index is -1.02. The Morgan fingerprint density at radius 3 is 1.03 bits per heavy atom. The molecule has 0 heterocycles. The van der Waals surface area contributed by atoms with Gasteiger partial charge in [0.1, 0.15) is 35.4 Å². The van der Waals surface area contributed by atoms with Crippen LogP contribution in [0, 0.1) is 0 Å². The highest BCUT2D eigenvalue weighted by atomic mass is 16.5. The number of ether oxygens (including phenoxy) is 4. The van der Waals surface area contributed by atoms with Gasteiger partial charge in [0.25, 0.3) is 23.6 Å². The van der Waals surface area contributed by atoms with Gasteiger partial charge in [-0.15, -0.1) is 0 Å². The topological polar surface area (TPSA) is 651 Å². The fourth-order valence-electron chi connectivity index (χ4n) is 10.5. The first-order valence-electron chi connectivity index (χ1n) is 34.0. The van der Waals surface area contributed by atoms with E-state index in [4.69, 9.17) is 93.5 Å². The van der Waals surface area contributed by atoms with E-state index in [-0.39, 0.29) is 194 Å².